The van der Waals surface area contributed by atoms with E-state index in [9.17, 15) is 4.79 Å². The van der Waals surface area contributed by atoms with Gasteiger partial charge in [-0.1, -0.05) is 26.0 Å². The summed E-state index contributed by atoms with van der Waals surface area (Å²) < 4.78 is 5.61. The first-order valence-corrected chi connectivity index (χ1v) is 7.61. The summed E-state index contributed by atoms with van der Waals surface area (Å²) >= 11 is 0. The summed E-state index contributed by atoms with van der Waals surface area (Å²) in [5, 5.41) is 0. The van der Waals surface area contributed by atoms with Crippen LogP contribution in [-0.2, 0) is 11.2 Å². The van der Waals surface area contributed by atoms with Gasteiger partial charge in [-0.15, -0.1) is 0 Å². The summed E-state index contributed by atoms with van der Waals surface area (Å²) in [6, 6.07) is 8.31. The van der Waals surface area contributed by atoms with Gasteiger partial charge in [0.1, 0.15) is 5.75 Å². The van der Waals surface area contributed by atoms with Crippen LogP contribution >= 0.6 is 0 Å². The number of hydrogen-bond acceptors (Lipinski definition) is 2. The average molecular weight is 275 g/mol. The summed E-state index contributed by atoms with van der Waals surface area (Å²) in [6.07, 6.45) is 3.32. The van der Waals surface area contributed by atoms with Gasteiger partial charge in [0.15, 0.2) is 6.61 Å². The van der Waals surface area contributed by atoms with Gasteiger partial charge >= 0.3 is 0 Å². The maximum atomic E-state index is 12.3. The SMILES string of the molecule is CCc1ccc(OCC(=O)N2C[C@@H](C)CC[C@@H]2C)cc1. The fraction of sp³-hybridized carbons (Fsp3) is 0.588. The topological polar surface area (TPSA) is 29.5 Å². The number of nitrogens with zero attached hydrogens (tertiary/aromatic N) is 1. The zero-order valence-electron chi connectivity index (χ0n) is 12.8. The third-order valence-electron chi connectivity index (χ3n) is 4.13. The van der Waals surface area contributed by atoms with Crippen molar-refractivity contribution >= 4 is 5.91 Å². The Bertz CT molecular complexity index is 441. The van der Waals surface area contributed by atoms with Crippen molar-refractivity contribution in [1.29, 1.82) is 0 Å². The van der Waals surface area contributed by atoms with Crippen molar-refractivity contribution in [1.82, 2.24) is 4.90 Å². The van der Waals surface area contributed by atoms with Gasteiger partial charge in [0.2, 0.25) is 0 Å². The van der Waals surface area contributed by atoms with Gasteiger partial charge in [-0.25, -0.2) is 0 Å². The minimum atomic E-state index is 0.101. The average Bonchev–Trinajstić information content (AvgIpc) is 2.47. The highest BCUT2D eigenvalue weighted by Crippen LogP contribution is 2.21. The van der Waals surface area contributed by atoms with Crippen molar-refractivity contribution in [3.63, 3.8) is 0 Å². The van der Waals surface area contributed by atoms with Gasteiger partial charge in [-0.05, 0) is 49.8 Å². The number of benzene rings is 1. The van der Waals surface area contributed by atoms with E-state index in [1.165, 1.54) is 12.0 Å². The van der Waals surface area contributed by atoms with Crippen LogP contribution in [0, 0.1) is 5.92 Å². The molecular formula is C17H25NO2. The number of aryl methyl sites for hydroxylation is 1. The van der Waals surface area contributed by atoms with Crippen molar-refractivity contribution in [3.8, 4) is 5.75 Å². The number of carbonyl (C=O) groups is 1. The quantitative estimate of drug-likeness (QED) is 0.844. The molecule has 2 atom stereocenters. The summed E-state index contributed by atoms with van der Waals surface area (Å²) in [4.78, 5) is 14.2. The Balaban J connectivity index is 1.87. The van der Waals surface area contributed by atoms with E-state index in [2.05, 4.69) is 20.8 Å². The van der Waals surface area contributed by atoms with Gasteiger partial charge in [0.25, 0.3) is 5.91 Å². The first kappa shape index (κ1) is 14.9. The molecule has 0 radical (unpaired) electrons. The first-order valence-electron chi connectivity index (χ1n) is 7.61. The van der Waals surface area contributed by atoms with Crippen LogP contribution in [-0.4, -0.2) is 30.0 Å². The number of carbonyl (C=O) groups excluding carboxylic acids is 1. The van der Waals surface area contributed by atoms with E-state index < -0.39 is 0 Å². The second-order valence-electron chi connectivity index (χ2n) is 5.86. The number of hydrogen-bond donors (Lipinski definition) is 0. The van der Waals surface area contributed by atoms with Crippen molar-refractivity contribution in [2.45, 2.75) is 46.1 Å². The molecule has 110 valence electrons. The Morgan fingerprint density at radius 3 is 2.60 bits per heavy atom. The zero-order valence-corrected chi connectivity index (χ0v) is 12.8. The molecule has 1 heterocycles. The molecule has 3 heteroatoms. The number of ether oxygens (including phenoxy) is 1. The van der Waals surface area contributed by atoms with Crippen molar-refractivity contribution < 1.29 is 9.53 Å². The molecule has 0 spiro atoms. The Labute approximate surface area is 121 Å². The van der Waals surface area contributed by atoms with E-state index in [0.717, 1.165) is 25.1 Å². The van der Waals surface area contributed by atoms with E-state index in [1.54, 1.807) is 0 Å². The maximum Gasteiger partial charge on any atom is 0.260 e. The number of likely N-dealkylation sites (tertiary alicyclic amines) is 1. The Morgan fingerprint density at radius 1 is 1.25 bits per heavy atom. The molecule has 2 rings (SSSR count). The fourth-order valence-corrected chi connectivity index (χ4v) is 2.69. The molecule has 1 amide bonds. The van der Waals surface area contributed by atoms with E-state index in [-0.39, 0.29) is 12.5 Å². The smallest absolute Gasteiger partial charge is 0.260 e. The van der Waals surface area contributed by atoms with Gasteiger partial charge in [-0.3, -0.25) is 4.79 Å². The second kappa shape index (κ2) is 6.78. The molecule has 0 bridgehead atoms. The highest BCUT2D eigenvalue weighted by Gasteiger charge is 2.26. The molecule has 1 saturated heterocycles. The monoisotopic (exact) mass is 275 g/mol. The lowest BCUT2D eigenvalue weighted by Crippen LogP contribution is -2.46. The molecule has 0 saturated carbocycles. The maximum absolute atomic E-state index is 12.3. The molecule has 1 aliphatic heterocycles. The summed E-state index contributed by atoms with van der Waals surface area (Å²) in [5.74, 6) is 1.47. The van der Waals surface area contributed by atoms with E-state index in [4.69, 9.17) is 4.74 Å². The molecule has 1 aromatic rings. The number of amides is 1. The molecule has 0 N–H and O–H groups in total. The molecule has 0 unspecified atom stereocenters. The van der Waals surface area contributed by atoms with E-state index in [1.807, 2.05) is 29.2 Å². The summed E-state index contributed by atoms with van der Waals surface area (Å²) in [6.45, 7) is 7.45. The predicted molar refractivity (Wildman–Crippen MR) is 80.9 cm³/mol. The van der Waals surface area contributed by atoms with Crippen molar-refractivity contribution in [2.75, 3.05) is 13.2 Å². The molecule has 1 fully saturated rings. The van der Waals surface area contributed by atoms with Gasteiger partial charge in [-0.2, -0.15) is 0 Å². The number of piperidine rings is 1. The largest absolute Gasteiger partial charge is 0.484 e. The van der Waals surface area contributed by atoms with Gasteiger partial charge in [0.05, 0.1) is 0 Å². The third kappa shape index (κ3) is 3.75. The second-order valence-corrected chi connectivity index (χ2v) is 5.86. The molecule has 1 aromatic carbocycles. The Hall–Kier alpha value is -1.51. The van der Waals surface area contributed by atoms with Crippen molar-refractivity contribution in [3.05, 3.63) is 29.8 Å². The molecule has 3 nitrogen and oxygen atoms in total. The fourth-order valence-electron chi connectivity index (χ4n) is 2.69. The minimum Gasteiger partial charge on any atom is -0.484 e. The molecule has 1 aliphatic rings. The van der Waals surface area contributed by atoms with E-state index >= 15 is 0 Å². The molecule has 0 aliphatic carbocycles. The molecule has 0 aromatic heterocycles. The number of rotatable bonds is 4. The lowest BCUT2D eigenvalue weighted by atomic mass is 9.95. The minimum absolute atomic E-state index is 0.101. The normalized spacial score (nSPS) is 22.6. The highest BCUT2D eigenvalue weighted by atomic mass is 16.5. The first-order chi connectivity index (χ1) is 9.60. The zero-order chi connectivity index (χ0) is 14.5. The Morgan fingerprint density at radius 2 is 1.95 bits per heavy atom. The van der Waals surface area contributed by atoms with Gasteiger partial charge in [0, 0.05) is 12.6 Å². The van der Waals surface area contributed by atoms with Crippen LogP contribution in [0.3, 0.4) is 0 Å². The third-order valence-corrected chi connectivity index (χ3v) is 4.13. The van der Waals surface area contributed by atoms with Crippen molar-refractivity contribution in [2.24, 2.45) is 5.92 Å². The molecular weight excluding hydrogens is 250 g/mol. The van der Waals surface area contributed by atoms with Crippen LogP contribution < -0.4 is 4.74 Å². The summed E-state index contributed by atoms with van der Waals surface area (Å²) in [7, 11) is 0. The summed E-state index contributed by atoms with van der Waals surface area (Å²) in [5.41, 5.74) is 1.28. The van der Waals surface area contributed by atoms with Crippen LogP contribution in [0.4, 0.5) is 0 Å². The van der Waals surface area contributed by atoms with E-state index in [0.29, 0.717) is 12.0 Å². The Kier molecular flexibility index (Phi) is 5.05. The molecule has 20 heavy (non-hydrogen) atoms. The lowest BCUT2D eigenvalue weighted by molar-refractivity contribution is -0.137. The standard InChI is InChI=1S/C17H25NO2/c1-4-15-7-9-16(10-8-15)20-12-17(19)18-11-13(2)5-6-14(18)3/h7-10,13-14H,4-6,11-12H2,1-3H3/t13-,14-/m0/s1. The predicted octanol–water partition coefficient (Wildman–Crippen LogP) is 3.27. The van der Waals surface area contributed by atoms with Crippen LogP contribution in [0.1, 0.15) is 39.2 Å². The van der Waals surface area contributed by atoms with Crippen LogP contribution in [0.25, 0.3) is 0 Å². The van der Waals surface area contributed by atoms with Crippen LogP contribution in [0.5, 0.6) is 5.75 Å². The van der Waals surface area contributed by atoms with Gasteiger partial charge < -0.3 is 9.64 Å². The van der Waals surface area contributed by atoms with Crippen LogP contribution in [0.2, 0.25) is 0 Å². The highest BCUT2D eigenvalue weighted by molar-refractivity contribution is 5.78. The van der Waals surface area contributed by atoms with Crippen LogP contribution in [0.15, 0.2) is 24.3 Å². The lowest BCUT2D eigenvalue weighted by Gasteiger charge is -2.36.